The molecule has 0 spiro atoms. The van der Waals surface area contributed by atoms with E-state index in [1.165, 1.54) is 12.3 Å². The van der Waals surface area contributed by atoms with Gasteiger partial charge in [0.2, 0.25) is 0 Å². The van der Waals surface area contributed by atoms with Gasteiger partial charge in [-0.05, 0) is 6.07 Å². The smallest absolute Gasteiger partial charge is 0.258 e. The van der Waals surface area contributed by atoms with Crippen LogP contribution in [-0.4, -0.2) is 9.91 Å². The van der Waals surface area contributed by atoms with Crippen molar-refractivity contribution in [2.75, 3.05) is 0 Å². The van der Waals surface area contributed by atoms with E-state index in [2.05, 4.69) is 17.6 Å². The van der Waals surface area contributed by atoms with Gasteiger partial charge in [-0.3, -0.25) is 10.1 Å². The quantitative estimate of drug-likeness (QED) is 0.492. The van der Waals surface area contributed by atoms with Crippen LogP contribution in [0.1, 0.15) is 0 Å². The maximum Gasteiger partial charge on any atom is 0.308 e. The Labute approximate surface area is 97.5 Å². The van der Waals surface area contributed by atoms with E-state index in [0.717, 1.165) is 0 Å². The molecule has 16 heavy (non-hydrogen) atoms. The van der Waals surface area contributed by atoms with Crippen molar-refractivity contribution in [2.45, 2.75) is 4.90 Å². The van der Waals surface area contributed by atoms with Crippen LogP contribution in [0.4, 0.5) is 5.69 Å². The van der Waals surface area contributed by atoms with Crippen molar-refractivity contribution < 1.29 is 4.92 Å². The molecule has 0 amide bonds. The van der Waals surface area contributed by atoms with Crippen molar-refractivity contribution in [1.29, 1.82) is 0 Å². The monoisotopic (exact) mass is 232 g/mol. The van der Waals surface area contributed by atoms with Crippen LogP contribution >= 0.6 is 12.6 Å². The molecule has 4 nitrogen and oxygen atoms in total. The van der Waals surface area contributed by atoms with E-state index in [0.29, 0.717) is 16.2 Å². The third-order valence-electron chi connectivity index (χ3n) is 2.13. The minimum atomic E-state index is -0.461. The summed E-state index contributed by atoms with van der Waals surface area (Å²) >= 11 is 4.08. The van der Waals surface area contributed by atoms with Crippen molar-refractivity contribution in [1.82, 2.24) is 4.98 Å². The van der Waals surface area contributed by atoms with Crippen LogP contribution in [0, 0.1) is 10.1 Å². The van der Waals surface area contributed by atoms with E-state index in [-0.39, 0.29) is 5.69 Å². The highest BCUT2D eigenvalue weighted by atomic mass is 32.1. The Bertz CT molecular complexity index is 529. The lowest BCUT2D eigenvalue weighted by Gasteiger charge is -2.03. The zero-order valence-electron chi connectivity index (χ0n) is 8.20. The SMILES string of the molecule is O=[N+]([O-])c1c(S)ccnc1-c1ccccc1. The van der Waals surface area contributed by atoms with Gasteiger partial charge in [0.1, 0.15) is 5.69 Å². The van der Waals surface area contributed by atoms with Crippen LogP contribution in [0.25, 0.3) is 11.3 Å². The van der Waals surface area contributed by atoms with Crippen molar-refractivity contribution in [2.24, 2.45) is 0 Å². The minimum Gasteiger partial charge on any atom is -0.258 e. The lowest BCUT2D eigenvalue weighted by Crippen LogP contribution is -1.95. The Balaban J connectivity index is 2.66. The Morgan fingerprint density at radius 2 is 1.88 bits per heavy atom. The Hall–Kier alpha value is -1.88. The molecule has 0 aliphatic carbocycles. The van der Waals surface area contributed by atoms with Crippen LogP contribution in [0.5, 0.6) is 0 Å². The summed E-state index contributed by atoms with van der Waals surface area (Å²) in [5.74, 6) is 0. The third kappa shape index (κ3) is 1.90. The number of pyridine rings is 1. The molecule has 5 heteroatoms. The molecular formula is C11H8N2O2S. The number of hydrogen-bond acceptors (Lipinski definition) is 4. The Kier molecular flexibility index (Phi) is 2.87. The summed E-state index contributed by atoms with van der Waals surface area (Å²) in [5, 5.41) is 10.9. The van der Waals surface area contributed by atoms with E-state index in [9.17, 15) is 10.1 Å². The van der Waals surface area contributed by atoms with Gasteiger partial charge in [0, 0.05) is 11.8 Å². The molecule has 2 aromatic rings. The number of nitro groups is 1. The van der Waals surface area contributed by atoms with Gasteiger partial charge in [0.05, 0.1) is 9.82 Å². The average molecular weight is 232 g/mol. The third-order valence-corrected chi connectivity index (χ3v) is 2.49. The van der Waals surface area contributed by atoms with Gasteiger partial charge >= 0.3 is 5.69 Å². The summed E-state index contributed by atoms with van der Waals surface area (Å²) in [6.07, 6.45) is 1.51. The van der Waals surface area contributed by atoms with Gasteiger partial charge in [0.25, 0.3) is 0 Å². The van der Waals surface area contributed by atoms with Gasteiger partial charge in [-0.1, -0.05) is 30.3 Å². The van der Waals surface area contributed by atoms with Gasteiger partial charge in [-0.15, -0.1) is 12.6 Å². The maximum absolute atomic E-state index is 10.9. The molecule has 0 fully saturated rings. The molecule has 80 valence electrons. The van der Waals surface area contributed by atoms with Gasteiger partial charge in [-0.25, -0.2) is 4.98 Å². The lowest BCUT2D eigenvalue weighted by molar-refractivity contribution is -0.387. The topological polar surface area (TPSA) is 56.0 Å². The summed E-state index contributed by atoms with van der Waals surface area (Å²) < 4.78 is 0. The molecule has 0 atom stereocenters. The second kappa shape index (κ2) is 4.32. The number of rotatable bonds is 2. The second-order valence-corrected chi connectivity index (χ2v) is 3.63. The summed E-state index contributed by atoms with van der Waals surface area (Å²) in [5.41, 5.74) is 1.00. The van der Waals surface area contributed by atoms with E-state index < -0.39 is 4.92 Å². The molecule has 0 radical (unpaired) electrons. The number of thiol groups is 1. The van der Waals surface area contributed by atoms with Crippen LogP contribution < -0.4 is 0 Å². The number of aromatic nitrogens is 1. The molecule has 0 saturated heterocycles. The van der Waals surface area contributed by atoms with Crippen LogP contribution in [0.15, 0.2) is 47.5 Å². The van der Waals surface area contributed by atoms with E-state index in [1.54, 1.807) is 12.1 Å². The van der Waals surface area contributed by atoms with Crippen molar-refractivity contribution >= 4 is 18.3 Å². The zero-order valence-corrected chi connectivity index (χ0v) is 9.09. The number of nitrogens with zero attached hydrogens (tertiary/aromatic N) is 2. The molecular weight excluding hydrogens is 224 g/mol. The molecule has 0 unspecified atom stereocenters. The maximum atomic E-state index is 10.9. The first-order chi connectivity index (χ1) is 7.70. The number of hydrogen-bond donors (Lipinski definition) is 1. The Morgan fingerprint density at radius 3 is 2.50 bits per heavy atom. The van der Waals surface area contributed by atoms with Gasteiger partial charge < -0.3 is 0 Å². The van der Waals surface area contributed by atoms with Gasteiger partial charge in [0.15, 0.2) is 0 Å². The summed E-state index contributed by atoms with van der Waals surface area (Å²) in [7, 11) is 0. The summed E-state index contributed by atoms with van der Waals surface area (Å²) in [6.45, 7) is 0. The van der Waals surface area contributed by atoms with E-state index in [1.807, 2.05) is 18.2 Å². The molecule has 0 aliphatic heterocycles. The summed E-state index contributed by atoms with van der Waals surface area (Å²) in [4.78, 5) is 14.8. The zero-order chi connectivity index (χ0) is 11.5. The van der Waals surface area contributed by atoms with Crippen LogP contribution in [0.2, 0.25) is 0 Å². The molecule has 2 rings (SSSR count). The Morgan fingerprint density at radius 1 is 1.19 bits per heavy atom. The largest absolute Gasteiger partial charge is 0.308 e. The fraction of sp³-hybridized carbons (Fsp3) is 0. The predicted octanol–water partition coefficient (Wildman–Crippen LogP) is 2.95. The fourth-order valence-corrected chi connectivity index (χ4v) is 1.69. The van der Waals surface area contributed by atoms with Crippen molar-refractivity contribution in [3.05, 3.63) is 52.7 Å². The molecule has 0 bridgehead atoms. The first kappa shape index (κ1) is 10.6. The molecule has 1 aromatic carbocycles. The number of benzene rings is 1. The first-order valence-corrected chi connectivity index (χ1v) is 5.02. The average Bonchev–Trinajstić information content (AvgIpc) is 2.29. The van der Waals surface area contributed by atoms with Crippen LogP contribution in [0.3, 0.4) is 0 Å². The summed E-state index contributed by atoms with van der Waals surface area (Å²) in [6, 6.07) is 10.5. The van der Waals surface area contributed by atoms with Crippen molar-refractivity contribution in [3.8, 4) is 11.3 Å². The standard InChI is InChI=1S/C11H8N2O2S/c14-13(15)11-9(16)6-7-12-10(11)8-4-2-1-3-5-8/h1-7H,(H,12,16). The van der Waals surface area contributed by atoms with Crippen molar-refractivity contribution in [3.63, 3.8) is 0 Å². The highest BCUT2D eigenvalue weighted by Gasteiger charge is 2.19. The molecule has 1 aromatic heterocycles. The predicted molar refractivity (Wildman–Crippen MR) is 63.6 cm³/mol. The molecule has 1 heterocycles. The van der Waals surface area contributed by atoms with Crippen LogP contribution in [-0.2, 0) is 0 Å². The molecule has 0 aliphatic rings. The van der Waals surface area contributed by atoms with Gasteiger partial charge in [-0.2, -0.15) is 0 Å². The lowest BCUT2D eigenvalue weighted by atomic mass is 10.1. The van der Waals surface area contributed by atoms with E-state index >= 15 is 0 Å². The highest BCUT2D eigenvalue weighted by molar-refractivity contribution is 7.80. The van der Waals surface area contributed by atoms with E-state index in [4.69, 9.17) is 0 Å². The molecule has 0 saturated carbocycles. The minimum absolute atomic E-state index is 0.0583. The fourth-order valence-electron chi connectivity index (χ4n) is 1.43. The normalized spacial score (nSPS) is 10.1. The molecule has 0 N–H and O–H groups in total. The first-order valence-electron chi connectivity index (χ1n) is 4.58. The highest BCUT2D eigenvalue weighted by Crippen LogP contribution is 2.32. The second-order valence-electron chi connectivity index (χ2n) is 3.15.